The van der Waals surface area contributed by atoms with E-state index in [1.807, 2.05) is 6.26 Å². The van der Waals surface area contributed by atoms with Crippen LogP contribution in [0.4, 0.5) is 5.69 Å². The van der Waals surface area contributed by atoms with Gasteiger partial charge in [-0.05, 0) is 30.6 Å². The van der Waals surface area contributed by atoms with E-state index in [0.717, 1.165) is 12.2 Å². The van der Waals surface area contributed by atoms with Crippen molar-refractivity contribution in [2.45, 2.75) is 6.42 Å². The summed E-state index contributed by atoms with van der Waals surface area (Å²) in [4.78, 5) is 0. The van der Waals surface area contributed by atoms with Gasteiger partial charge in [-0.3, -0.25) is 0 Å². The lowest BCUT2D eigenvalue weighted by atomic mass is 10.3. The fourth-order valence-electron chi connectivity index (χ4n) is 1.39. The predicted octanol–water partition coefficient (Wildman–Crippen LogP) is 1.32. The highest BCUT2D eigenvalue weighted by Gasteiger charge is 2.09. The number of hydrogen-bond acceptors (Lipinski definition) is 5. The van der Waals surface area contributed by atoms with Crippen molar-refractivity contribution in [3.05, 3.63) is 24.3 Å². The van der Waals surface area contributed by atoms with Crippen LogP contribution in [0.5, 0.6) is 5.75 Å². The predicted molar refractivity (Wildman–Crippen MR) is 81.1 cm³/mol. The maximum absolute atomic E-state index is 11.6. The van der Waals surface area contributed by atoms with Crippen LogP contribution in [0.1, 0.15) is 6.42 Å². The van der Waals surface area contributed by atoms with Gasteiger partial charge in [0.1, 0.15) is 12.4 Å². The van der Waals surface area contributed by atoms with Gasteiger partial charge in [0.25, 0.3) is 0 Å². The monoisotopic (exact) mass is 304 g/mol. The Morgan fingerprint density at radius 3 is 2.89 bits per heavy atom. The third kappa shape index (κ3) is 7.29. The summed E-state index contributed by atoms with van der Waals surface area (Å²) in [5.41, 5.74) is 6.19. The zero-order valence-corrected chi connectivity index (χ0v) is 12.6. The topological polar surface area (TPSA) is 81.4 Å². The van der Waals surface area contributed by atoms with Crippen molar-refractivity contribution in [1.29, 1.82) is 0 Å². The average molecular weight is 304 g/mol. The number of hydrogen-bond donors (Lipinski definition) is 2. The van der Waals surface area contributed by atoms with Gasteiger partial charge in [0.15, 0.2) is 0 Å². The first-order chi connectivity index (χ1) is 9.03. The van der Waals surface area contributed by atoms with E-state index in [-0.39, 0.29) is 12.4 Å². The highest BCUT2D eigenvalue weighted by atomic mass is 32.2. The fraction of sp³-hybridized carbons (Fsp3) is 0.500. The number of nitrogens with one attached hydrogen (secondary N) is 1. The Bertz CT molecular complexity index is 478. The molecule has 5 nitrogen and oxygen atoms in total. The second-order valence-electron chi connectivity index (χ2n) is 3.98. The minimum Gasteiger partial charge on any atom is -0.492 e. The molecule has 0 saturated heterocycles. The smallest absolute Gasteiger partial charge is 0.214 e. The molecule has 3 N–H and O–H groups in total. The maximum atomic E-state index is 11.6. The van der Waals surface area contributed by atoms with Gasteiger partial charge in [-0.2, -0.15) is 11.8 Å². The molecule has 0 bridgehead atoms. The molecule has 0 radical (unpaired) electrons. The number of anilines is 1. The maximum Gasteiger partial charge on any atom is 0.214 e. The van der Waals surface area contributed by atoms with Crippen LogP contribution in [-0.4, -0.2) is 39.3 Å². The van der Waals surface area contributed by atoms with E-state index in [0.29, 0.717) is 18.0 Å². The van der Waals surface area contributed by atoms with Crippen molar-refractivity contribution in [1.82, 2.24) is 4.72 Å². The average Bonchev–Trinajstić information content (AvgIpc) is 2.35. The highest BCUT2D eigenvalue weighted by Crippen LogP contribution is 2.14. The van der Waals surface area contributed by atoms with Gasteiger partial charge in [-0.25, -0.2) is 13.1 Å². The lowest BCUT2D eigenvalue weighted by molar-refractivity contribution is 0.340. The minimum atomic E-state index is -3.26. The standard InChI is InChI=1S/C12H20N2O3S2/c1-18-8-3-6-14-19(15,16)9-7-17-12-5-2-4-11(13)10-12/h2,4-5,10,14H,3,6-9,13H2,1H3. The molecule has 0 fully saturated rings. The molecule has 0 aliphatic carbocycles. The van der Waals surface area contributed by atoms with Crippen molar-refractivity contribution < 1.29 is 13.2 Å². The van der Waals surface area contributed by atoms with Crippen molar-refractivity contribution in [3.8, 4) is 5.75 Å². The number of thioether (sulfide) groups is 1. The van der Waals surface area contributed by atoms with E-state index in [4.69, 9.17) is 10.5 Å². The zero-order valence-electron chi connectivity index (χ0n) is 11.0. The van der Waals surface area contributed by atoms with E-state index in [1.54, 1.807) is 36.0 Å². The normalized spacial score (nSPS) is 11.4. The van der Waals surface area contributed by atoms with Gasteiger partial charge in [0, 0.05) is 18.3 Å². The van der Waals surface area contributed by atoms with Crippen molar-refractivity contribution >= 4 is 27.5 Å². The van der Waals surface area contributed by atoms with Crippen LogP contribution in [0, 0.1) is 0 Å². The number of rotatable bonds is 9. The Balaban J connectivity index is 2.27. The molecule has 7 heteroatoms. The van der Waals surface area contributed by atoms with Crippen LogP contribution < -0.4 is 15.2 Å². The Kier molecular flexibility index (Phi) is 7.04. The van der Waals surface area contributed by atoms with Crippen LogP contribution in [-0.2, 0) is 10.0 Å². The lowest BCUT2D eigenvalue weighted by Crippen LogP contribution is -2.30. The molecule has 1 rings (SSSR count). The molecule has 108 valence electrons. The van der Waals surface area contributed by atoms with E-state index >= 15 is 0 Å². The second-order valence-corrected chi connectivity index (χ2v) is 6.89. The van der Waals surface area contributed by atoms with Gasteiger partial charge in [-0.1, -0.05) is 6.07 Å². The summed E-state index contributed by atoms with van der Waals surface area (Å²) in [5.74, 6) is 1.47. The molecule has 1 aromatic carbocycles. The van der Waals surface area contributed by atoms with Crippen LogP contribution in [0.3, 0.4) is 0 Å². The van der Waals surface area contributed by atoms with E-state index < -0.39 is 10.0 Å². The van der Waals surface area contributed by atoms with Crippen molar-refractivity contribution in [2.75, 3.05) is 36.6 Å². The van der Waals surface area contributed by atoms with Gasteiger partial charge < -0.3 is 10.5 Å². The summed E-state index contributed by atoms with van der Waals surface area (Å²) in [6, 6.07) is 6.92. The lowest BCUT2D eigenvalue weighted by Gasteiger charge is -2.08. The number of sulfonamides is 1. The Labute approximate surface area is 119 Å². The minimum absolute atomic E-state index is 0.0545. The molecule has 0 aliphatic rings. The molecule has 0 amide bonds. The van der Waals surface area contributed by atoms with Gasteiger partial charge >= 0.3 is 0 Å². The third-order valence-corrected chi connectivity index (χ3v) is 4.37. The first-order valence-electron chi connectivity index (χ1n) is 5.98. The first-order valence-corrected chi connectivity index (χ1v) is 9.03. The molecule has 0 aliphatic heterocycles. The van der Waals surface area contributed by atoms with Crippen LogP contribution in [0.25, 0.3) is 0 Å². The molecule has 0 atom stereocenters. The summed E-state index contributed by atoms with van der Waals surface area (Å²) >= 11 is 1.70. The number of benzene rings is 1. The molecule has 0 unspecified atom stereocenters. The zero-order chi connectivity index (χ0) is 14.1. The Morgan fingerprint density at radius 2 is 2.21 bits per heavy atom. The summed E-state index contributed by atoms with van der Waals surface area (Å²) in [6.45, 7) is 0.586. The molecule has 0 spiro atoms. The SMILES string of the molecule is CSCCCNS(=O)(=O)CCOc1cccc(N)c1. The Morgan fingerprint density at radius 1 is 1.42 bits per heavy atom. The van der Waals surface area contributed by atoms with E-state index in [9.17, 15) is 8.42 Å². The summed E-state index contributed by atoms with van der Waals surface area (Å²) in [5, 5.41) is 0. The van der Waals surface area contributed by atoms with Crippen LogP contribution in [0.15, 0.2) is 24.3 Å². The van der Waals surface area contributed by atoms with Gasteiger partial charge in [-0.15, -0.1) is 0 Å². The summed E-state index contributed by atoms with van der Waals surface area (Å²) in [7, 11) is -3.26. The summed E-state index contributed by atoms with van der Waals surface area (Å²) < 4.78 is 31.1. The molecule has 1 aromatic rings. The largest absolute Gasteiger partial charge is 0.492 e. The highest BCUT2D eigenvalue weighted by molar-refractivity contribution is 7.98. The number of ether oxygens (including phenoxy) is 1. The third-order valence-electron chi connectivity index (χ3n) is 2.33. The molecule has 0 heterocycles. The number of nitrogen functional groups attached to an aromatic ring is 1. The van der Waals surface area contributed by atoms with Gasteiger partial charge in [0.2, 0.25) is 10.0 Å². The molecular weight excluding hydrogens is 284 g/mol. The van der Waals surface area contributed by atoms with E-state index in [1.165, 1.54) is 0 Å². The summed E-state index contributed by atoms with van der Waals surface area (Å²) in [6.07, 6.45) is 2.82. The number of nitrogens with two attached hydrogens (primary N) is 1. The van der Waals surface area contributed by atoms with Crippen molar-refractivity contribution in [2.24, 2.45) is 0 Å². The molecule has 0 aromatic heterocycles. The molecule has 0 saturated carbocycles. The first kappa shape index (κ1) is 16.1. The second kappa shape index (κ2) is 8.29. The quantitative estimate of drug-likeness (QED) is 0.531. The fourth-order valence-corrected chi connectivity index (χ4v) is 2.73. The van der Waals surface area contributed by atoms with Crippen LogP contribution in [0.2, 0.25) is 0 Å². The van der Waals surface area contributed by atoms with Crippen LogP contribution >= 0.6 is 11.8 Å². The molecule has 19 heavy (non-hydrogen) atoms. The molecular formula is C12H20N2O3S2. The Hall–Kier alpha value is -0.920. The van der Waals surface area contributed by atoms with Crippen molar-refractivity contribution in [3.63, 3.8) is 0 Å². The van der Waals surface area contributed by atoms with Gasteiger partial charge in [0.05, 0.1) is 5.75 Å². The van der Waals surface area contributed by atoms with E-state index in [2.05, 4.69) is 4.72 Å².